The summed E-state index contributed by atoms with van der Waals surface area (Å²) in [7, 11) is 0. The lowest BCUT2D eigenvalue weighted by Gasteiger charge is -2.22. The van der Waals surface area contributed by atoms with E-state index in [1.807, 2.05) is 38.1 Å². The van der Waals surface area contributed by atoms with E-state index in [1.165, 1.54) is 0 Å². The van der Waals surface area contributed by atoms with Crippen LogP contribution >= 0.6 is 0 Å². The van der Waals surface area contributed by atoms with Gasteiger partial charge in [-0.05, 0) is 25.5 Å². The van der Waals surface area contributed by atoms with Crippen molar-refractivity contribution in [3.63, 3.8) is 0 Å². The minimum Gasteiger partial charge on any atom is -0.324 e. The zero-order chi connectivity index (χ0) is 14.7. The number of benzene rings is 1. The number of para-hydroxylation sites is 2. The van der Waals surface area contributed by atoms with Gasteiger partial charge in [-0.1, -0.05) is 26.0 Å². The van der Waals surface area contributed by atoms with Crippen molar-refractivity contribution in [3.8, 4) is 0 Å². The Kier molecular flexibility index (Phi) is 4.39. The minimum absolute atomic E-state index is 0.00694. The molecule has 0 radical (unpaired) electrons. The maximum atomic E-state index is 11.8. The van der Waals surface area contributed by atoms with Gasteiger partial charge >= 0.3 is 0 Å². The van der Waals surface area contributed by atoms with Crippen molar-refractivity contribution >= 4 is 16.9 Å². The van der Waals surface area contributed by atoms with Gasteiger partial charge in [0.1, 0.15) is 5.82 Å². The molecule has 1 amide bonds. The second-order valence-electron chi connectivity index (χ2n) is 5.17. The maximum absolute atomic E-state index is 11.8. The summed E-state index contributed by atoms with van der Waals surface area (Å²) in [6.45, 7) is 6.05. The number of nitrogens with two attached hydrogens (primary N) is 1. The lowest BCUT2D eigenvalue weighted by Crippen LogP contribution is -2.38. The number of rotatable bonds is 5. The van der Waals surface area contributed by atoms with Crippen molar-refractivity contribution in [3.05, 3.63) is 30.1 Å². The van der Waals surface area contributed by atoms with Crippen LogP contribution in [0, 0.1) is 5.92 Å². The van der Waals surface area contributed by atoms with Crippen LogP contribution in [0.3, 0.4) is 0 Å². The van der Waals surface area contributed by atoms with Gasteiger partial charge in [0.2, 0.25) is 5.91 Å². The average molecular weight is 274 g/mol. The fraction of sp³-hybridized carbons (Fsp3) is 0.467. The van der Waals surface area contributed by atoms with E-state index in [0.29, 0.717) is 0 Å². The lowest BCUT2D eigenvalue weighted by atomic mass is 10.0. The first-order valence-electron chi connectivity index (χ1n) is 7.06. The van der Waals surface area contributed by atoms with Gasteiger partial charge in [0.25, 0.3) is 0 Å². The third-order valence-electron chi connectivity index (χ3n) is 3.83. The molecule has 0 fully saturated rings. The van der Waals surface area contributed by atoms with Crippen molar-refractivity contribution in [1.29, 1.82) is 0 Å². The normalized spacial score (nSPS) is 14.2. The Hall–Kier alpha value is -1.88. The largest absolute Gasteiger partial charge is 0.324 e. The van der Waals surface area contributed by atoms with E-state index in [4.69, 9.17) is 10.8 Å². The number of amides is 1. The summed E-state index contributed by atoms with van der Waals surface area (Å²) < 4.78 is 2.17. The number of carbonyl (C=O) groups excluding carboxylic acids is 1. The predicted octanol–water partition coefficient (Wildman–Crippen LogP) is 2.18. The zero-order valence-corrected chi connectivity index (χ0v) is 12.3. The highest BCUT2D eigenvalue weighted by Crippen LogP contribution is 2.26. The summed E-state index contributed by atoms with van der Waals surface area (Å²) in [6, 6.07) is 8.04. The van der Waals surface area contributed by atoms with Crippen molar-refractivity contribution in [2.75, 3.05) is 0 Å². The number of hydrogen-bond donors (Lipinski definition) is 2. The topological polar surface area (TPSA) is 72.9 Å². The first kappa shape index (κ1) is 14.5. The molecule has 0 saturated carbocycles. The second-order valence-corrected chi connectivity index (χ2v) is 5.17. The molecule has 2 rings (SSSR count). The monoisotopic (exact) mass is 274 g/mol. The number of carbonyl (C=O) groups is 1. The molecule has 108 valence electrons. The van der Waals surface area contributed by atoms with E-state index >= 15 is 0 Å². The summed E-state index contributed by atoms with van der Waals surface area (Å²) in [5.41, 5.74) is 4.28. The Morgan fingerprint density at radius 1 is 1.40 bits per heavy atom. The molecule has 2 aromatic rings. The molecule has 1 aromatic heterocycles. The Bertz CT molecular complexity index is 605. The van der Waals surface area contributed by atoms with Crippen LogP contribution < -0.4 is 11.3 Å². The highest BCUT2D eigenvalue weighted by Gasteiger charge is 2.24. The molecule has 1 heterocycles. The standard InChI is InChI=1S/C15H22N4O/c1-4-7-14-17-12-8-5-6-9-13(12)19(14)11(3)10(2)15(20)18-16/h5-6,8-11H,4,7,16H2,1-3H3,(H,18,20). The second kappa shape index (κ2) is 6.05. The highest BCUT2D eigenvalue weighted by molar-refractivity contribution is 5.79. The molecule has 5 nitrogen and oxygen atoms in total. The van der Waals surface area contributed by atoms with E-state index in [0.717, 1.165) is 29.7 Å². The van der Waals surface area contributed by atoms with E-state index in [-0.39, 0.29) is 17.9 Å². The van der Waals surface area contributed by atoms with Crippen molar-refractivity contribution in [1.82, 2.24) is 15.0 Å². The van der Waals surface area contributed by atoms with E-state index < -0.39 is 0 Å². The summed E-state index contributed by atoms with van der Waals surface area (Å²) in [6.07, 6.45) is 1.92. The molecule has 2 unspecified atom stereocenters. The van der Waals surface area contributed by atoms with E-state index in [9.17, 15) is 4.79 Å². The Morgan fingerprint density at radius 2 is 2.10 bits per heavy atom. The van der Waals surface area contributed by atoms with Crippen LogP contribution in [0.5, 0.6) is 0 Å². The van der Waals surface area contributed by atoms with Crippen molar-refractivity contribution in [2.45, 2.75) is 39.7 Å². The molecular weight excluding hydrogens is 252 g/mol. The fourth-order valence-corrected chi connectivity index (χ4v) is 2.52. The molecule has 20 heavy (non-hydrogen) atoms. The van der Waals surface area contributed by atoms with Gasteiger partial charge in [-0.25, -0.2) is 10.8 Å². The number of nitrogens with one attached hydrogen (secondary N) is 1. The Balaban J connectivity index is 2.50. The summed E-state index contributed by atoms with van der Waals surface area (Å²) in [5.74, 6) is 5.91. The zero-order valence-electron chi connectivity index (χ0n) is 12.3. The first-order chi connectivity index (χ1) is 9.60. The molecular formula is C15H22N4O. The molecule has 1 aromatic carbocycles. The number of fused-ring (bicyclic) bond motifs is 1. The number of hydrogen-bond acceptors (Lipinski definition) is 3. The SMILES string of the molecule is CCCc1nc2ccccc2n1C(C)C(C)C(=O)NN. The van der Waals surface area contributed by atoms with Crippen LogP contribution in [0.25, 0.3) is 11.0 Å². The third kappa shape index (κ3) is 2.54. The predicted molar refractivity (Wildman–Crippen MR) is 79.9 cm³/mol. The number of aromatic nitrogens is 2. The summed E-state index contributed by atoms with van der Waals surface area (Å²) in [5, 5.41) is 0. The van der Waals surface area contributed by atoms with Crippen LogP contribution in [0.1, 0.15) is 39.1 Å². The average Bonchev–Trinajstić information content (AvgIpc) is 2.83. The van der Waals surface area contributed by atoms with Gasteiger partial charge in [-0.2, -0.15) is 0 Å². The molecule has 0 spiro atoms. The number of nitrogens with zero attached hydrogens (tertiary/aromatic N) is 2. The van der Waals surface area contributed by atoms with Gasteiger partial charge in [0.05, 0.1) is 17.0 Å². The summed E-state index contributed by atoms with van der Waals surface area (Å²) >= 11 is 0. The van der Waals surface area contributed by atoms with Gasteiger partial charge in [-0.3, -0.25) is 10.2 Å². The van der Waals surface area contributed by atoms with Crippen LogP contribution in [-0.4, -0.2) is 15.5 Å². The smallest absolute Gasteiger partial charge is 0.238 e. The molecule has 0 bridgehead atoms. The molecule has 2 atom stereocenters. The molecule has 5 heteroatoms. The van der Waals surface area contributed by atoms with Gasteiger partial charge < -0.3 is 4.57 Å². The van der Waals surface area contributed by atoms with Gasteiger partial charge in [-0.15, -0.1) is 0 Å². The van der Waals surface area contributed by atoms with Crippen molar-refractivity contribution < 1.29 is 4.79 Å². The minimum atomic E-state index is -0.215. The van der Waals surface area contributed by atoms with Crippen LogP contribution in [0.15, 0.2) is 24.3 Å². The van der Waals surface area contributed by atoms with E-state index in [1.54, 1.807) is 0 Å². The Morgan fingerprint density at radius 3 is 2.75 bits per heavy atom. The van der Waals surface area contributed by atoms with Crippen LogP contribution in [0.2, 0.25) is 0 Å². The molecule has 0 aliphatic heterocycles. The molecule has 3 N–H and O–H groups in total. The number of imidazole rings is 1. The highest BCUT2D eigenvalue weighted by atomic mass is 16.2. The Labute approximate surface area is 119 Å². The molecule has 0 aliphatic carbocycles. The van der Waals surface area contributed by atoms with Crippen molar-refractivity contribution in [2.24, 2.45) is 11.8 Å². The number of hydrazine groups is 1. The van der Waals surface area contributed by atoms with Gasteiger partial charge in [0, 0.05) is 12.5 Å². The third-order valence-corrected chi connectivity index (χ3v) is 3.83. The quantitative estimate of drug-likeness (QED) is 0.498. The first-order valence-corrected chi connectivity index (χ1v) is 7.06. The molecule has 0 saturated heterocycles. The summed E-state index contributed by atoms with van der Waals surface area (Å²) in [4.78, 5) is 16.5. The number of aryl methyl sites for hydroxylation is 1. The van der Waals surface area contributed by atoms with E-state index in [2.05, 4.69) is 16.9 Å². The van der Waals surface area contributed by atoms with Crippen LogP contribution in [-0.2, 0) is 11.2 Å². The van der Waals surface area contributed by atoms with Gasteiger partial charge in [0.15, 0.2) is 0 Å². The lowest BCUT2D eigenvalue weighted by molar-refractivity contribution is -0.125. The molecule has 0 aliphatic rings. The maximum Gasteiger partial charge on any atom is 0.238 e. The van der Waals surface area contributed by atoms with Crippen LogP contribution in [0.4, 0.5) is 0 Å². The fourth-order valence-electron chi connectivity index (χ4n) is 2.52.